The van der Waals surface area contributed by atoms with Gasteiger partial charge in [0.05, 0.1) is 10.9 Å². The van der Waals surface area contributed by atoms with Crippen LogP contribution >= 0.6 is 0 Å². The van der Waals surface area contributed by atoms with E-state index in [4.69, 9.17) is 0 Å². The predicted molar refractivity (Wildman–Crippen MR) is 76.7 cm³/mol. The number of fused-ring (bicyclic) bond motifs is 1. The third kappa shape index (κ3) is 2.08. The zero-order valence-electron chi connectivity index (χ0n) is 10.5. The topological polar surface area (TPSA) is 46.9 Å². The largest absolute Gasteiger partial charge is 0.326 e. The fourth-order valence-electron chi connectivity index (χ4n) is 1.98. The molecule has 3 rings (SSSR count). The minimum atomic E-state index is -0.0518. The number of aromatic nitrogens is 2. The molecule has 1 N–H and O–H groups in total. The van der Waals surface area contributed by atoms with Crippen molar-refractivity contribution in [3.63, 3.8) is 0 Å². The Kier molecular flexibility index (Phi) is 2.76. The molecule has 4 nitrogen and oxygen atoms in total. The second kappa shape index (κ2) is 4.57. The smallest absolute Gasteiger partial charge is 0.262 e. The summed E-state index contributed by atoms with van der Waals surface area (Å²) in [5.41, 5.74) is 1.55. The molecular formula is C15H13N3O. The van der Waals surface area contributed by atoms with E-state index in [0.717, 1.165) is 5.69 Å². The SMILES string of the molecule is Cn1c(Nc2ccccc2)nc2ccccc2c1=O. The van der Waals surface area contributed by atoms with E-state index >= 15 is 0 Å². The summed E-state index contributed by atoms with van der Waals surface area (Å²) in [5, 5.41) is 3.79. The summed E-state index contributed by atoms with van der Waals surface area (Å²) < 4.78 is 1.52. The van der Waals surface area contributed by atoms with Gasteiger partial charge in [-0.05, 0) is 24.3 Å². The lowest BCUT2D eigenvalue weighted by Gasteiger charge is -2.10. The molecule has 19 heavy (non-hydrogen) atoms. The molecule has 0 atom stereocenters. The summed E-state index contributed by atoms with van der Waals surface area (Å²) in [4.78, 5) is 16.7. The first-order valence-electron chi connectivity index (χ1n) is 6.03. The molecule has 1 aromatic heterocycles. The van der Waals surface area contributed by atoms with Gasteiger partial charge in [-0.3, -0.25) is 9.36 Å². The van der Waals surface area contributed by atoms with Crippen LogP contribution in [0.4, 0.5) is 11.6 Å². The fraction of sp³-hybridized carbons (Fsp3) is 0.0667. The van der Waals surface area contributed by atoms with Crippen LogP contribution in [0.15, 0.2) is 59.4 Å². The highest BCUT2D eigenvalue weighted by Crippen LogP contribution is 2.15. The van der Waals surface area contributed by atoms with Crippen molar-refractivity contribution in [2.24, 2.45) is 7.05 Å². The Morgan fingerprint density at radius 3 is 2.47 bits per heavy atom. The highest BCUT2D eigenvalue weighted by atomic mass is 16.1. The van der Waals surface area contributed by atoms with Gasteiger partial charge in [0.25, 0.3) is 5.56 Å². The van der Waals surface area contributed by atoms with Gasteiger partial charge in [-0.1, -0.05) is 30.3 Å². The first-order chi connectivity index (χ1) is 9.25. The van der Waals surface area contributed by atoms with Crippen LogP contribution in [0.25, 0.3) is 10.9 Å². The minimum absolute atomic E-state index is 0.0518. The summed E-state index contributed by atoms with van der Waals surface area (Å²) in [6.45, 7) is 0. The second-order valence-corrected chi connectivity index (χ2v) is 4.31. The Morgan fingerprint density at radius 2 is 1.68 bits per heavy atom. The van der Waals surface area contributed by atoms with Gasteiger partial charge >= 0.3 is 0 Å². The standard InChI is InChI=1S/C15H13N3O/c1-18-14(19)12-9-5-6-10-13(12)17-15(18)16-11-7-3-2-4-8-11/h2-10H,1H3,(H,16,17). The molecule has 0 unspecified atom stereocenters. The Balaban J connectivity index is 2.14. The highest BCUT2D eigenvalue weighted by Gasteiger charge is 2.07. The predicted octanol–water partition coefficient (Wildman–Crippen LogP) is 2.68. The molecule has 0 fully saturated rings. The molecule has 2 aromatic carbocycles. The van der Waals surface area contributed by atoms with Gasteiger partial charge in [0.2, 0.25) is 5.95 Å². The van der Waals surface area contributed by atoms with Crippen molar-refractivity contribution in [3.05, 3.63) is 65.0 Å². The summed E-state index contributed by atoms with van der Waals surface area (Å²) >= 11 is 0. The van der Waals surface area contributed by atoms with Crippen LogP contribution in [0.2, 0.25) is 0 Å². The fourth-order valence-corrected chi connectivity index (χ4v) is 1.98. The van der Waals surface area contributed by atoms with Crippen LogP contribution < -0.4 is 10.9 Å². The molecule has 0 aliphatic heterocycles. The Labute approximate surface area is 110 Å². The van der Waals surface area contributed by atoms with E-state index in [2.05, 4.69) is 10.3 Å². The van der Waals surface area contributed by atoms with E-state index in [9.17, 15) is 4.79 Å². The van der Waals surface area contributed by atoms with E-state index < -0.39 is 0 Å². The number of rotatable bonds is 2. The van der Waals surface area contributed by atoms with Crippen LogP contribution in [0.1, 0.15) is 0 Å². The van der Waals surface area contributed by atoms with Crippen molar-refractivity contribution in [2.45, 2.75) is 0 Å². The van der Waals surface area contributed by atoms with Crippen molar-refractivity contribution in [1.82, 2.24) is 9.55 Å². The lowest BCUT2D eigenvalue weighted by atomic mass is 10.2. The van der Waals surface area contributed by atoms with Crippen molar-refractivity contribution in [3.8, 4) is 0 Å². The van der Waals surface area contributed by atoms with Gasteiger partial charge in [0, 0.05) is 12.7 Å². The summed E-state index contributed by atoms with van der Waals surface area (Å²) in [5.74, 6) is 0.537. The van der Waals surface area contributed by atoms with Crippen molar-refractivity contribution < 1.29 is 0 Å². The molecule has 0 aliphatic carbocycles. The molecule has 0 saturated carbocycles. The van der Waals surface area contributed by atoms with Crippen molar-refractivity contribution >= 4 is 22.5 Å². The molecule has 0 aliphatic rings. The summed E-state index contributed by atoms with van der Waals surface area (Å²) in [7, 11) is 1.72. The molecule has 3 aromatic rings. The maximum absolute atomic E-state index is 12.2. The lowest BCUT2D eigenvalue weighted by molar-refractivity contribution is 0.856. The zero-order chi connectivity index (χ0) is 13.2. The zero-order valence-corrected chi connectivity index (χ0v) is 10.5. The molecule has 0 bridgehead atoms. The van der Waals surface area contributed by atoms with Crippen LogP contribution in [-0.2, 0) is 7.05 Å². The maximum Gasteiger partial charge on any atom is 0.262 e. The Hall–Kier alpha value is -2.62. The molecule has 94 valence electrons. The molecule has 4 heteroatoms. The van der Waals surface area contributed by atoms with Gasteiger partial charge in [-0.15, -0.1) is 0 Å². The van der Waals surface area contributed by atoms with E-state index in [1.165, 1.54) is 4.57 Å². The molecular weight excluding hydrogens is 238 g/mol. The van der Waals surface area contributed by atoms with Crippen LogP contribution in [0, 0.1) is 0 Å². The molecule has 1 heterocycles. The van der Waals surface area contributed by atoms with Crippen LogP contribution in [0.3, 0.4) is 0 Å². The van der Waals surface area contributed by atoms with Crippen LogP contribution in [-0.4, -0.2) is 9.55 Å². The second-order valence-electron chi connectivity index (χ2n) is 4.31. The Bertz CT molecular complexity index is 778. The van der Waals surface area contributed by atoms with Crippen molar-refractivity contribution in [1.29, 1.82) is 0 Å². The Morgan fingerprint density at radius 1 is 1.00 bits per heavy atom. The van der Waals surface area contributed by atoms with E-state index in [0.29, 0.717) is 16.9 Å². The number of benzene rings is 2. The molecule has 0 saturated heterocycles. The number of hydrogen-bond acceptors (Lipinski definition) is 3. The number of nitrogens with one attached hydrogen (secondary N) is 1. The monoisotopic (exact) mass is 251 g/mol. The van der Waals surface area contributed by atoms with E-state index in [1.807, 2.05) is 48.5 Å². The molecule has 0 spiro atoms. The van der Waals surface area contributed by atoms with Gasteiger partial charge in [-0.2, -0.15) is 0 Å². The minimum Gasteiger partial charge on any atom is -0.326 e. The maximum atomic E-state index is 12.2. The quantitative estimate of drug-likeness (QED) is 0.761. The third-order valence-electron chi connectivity index (χ3n) is 3.01. The van der Waals surface area contributed by atoms with E-state index in [-0.39, 0.29) is 5.56 Å². The summed E-state index contributed by atoms with van der Waals surface area (Å²) in [6, 6.07) is 17.0. The highest BCUT2D eigenvalue weighted by molar-refractivity contribution is 5.79. The molecule has 0 radical (unpaired) electrons. The number of nitrogens with zero attached hydrogens (tertiary/aromatic N) is 2. The number of hydrogen-bond donors (Lipinski definition) is 1. The lowest BCUT2D eigenvalue weighted by Crippen LogP contribution is -2.21. The van der Waals surface area contributed by atoms with Gasteiger partial charge in [-0.25, -0.2) is 4.98 Å². The van der Waals surface area contributed by atoms with Gasteiger partial charge < -0.3 is 5.32 Å². The first-order valence-corrected chi connectivity index (χ1v) is 6.03. The van der Waals surface area contributed by atoms with E-state index in [1.54, 1.807) is 13.1 Å². The van der Waals surface area contributed by atoms with Crippen molar-refractivity contribution in [2.75, 3.05) is 5.32 Å². The summed E-state index contributed by atoms with van der Waals surface area (Å²) in [6.07, 6.45) is 0. The van der Waals surface area contributed by atoms with Crippen LogP contribution in [0.5, 0.6) is 0 Å². The molecule has 0 amide bonds. The third-order valence-corrected chi connectivity index (χ3v) is 3.01. The van der Waals surface area contributed by atoms with Gasteiger partial charge in [0.15, 0.2) is 0 Å². The first kappa shape index (κ1) is 11.5. The number of anilines is 2. The number of para-hydroxylation sites is 2. The average molecular weight is 251 g/mol. The normalized spacial score (nSPS) is 10.6. The van der Waals surface area contributed by atoms with Gasteiger partial charge in [0.1, 0.15) is 0 Å². The average Bonchev–Trinajstić information content (AvgIpc) is 2.46.